The van der Waals surface area contributed by atoms with Crippen molar-refractivity contribution in [1.82, 2.24) is 0 Å². The van der Waals surface area contributed by atoms with Gasteiger partial charge in [0.2, 0.25) is 0 Å². The average Bonchev–Trinajstić information content (AvgIpc) is 2.42. The van der Waals surface area contributed by atoms with Crippen LogP contribution in [0.3, 0.4) is 0 Å². The molecular weight excluding hydrogens is 399 g/mol. The topological polar surface area (TPSA) is 12.0 Å². The van der Waals surface area contributed by atoms with E-state index in [9.17, 15) is 4.39 Å². The molecule has 0 saturated heterocycles. The second-order valence-electron chi connectivity index (χ2n) is 4.71. The van der Waals surface area contributed by atoms with Crippen LogP contribution in [0.25, 0.3) is 0 Å². The molecule has 2 rings (SSSR count). The molecule has 0 aromatic heterocycles. The molecule has 0 bridgehead atoms. The SMILES string of the molecule is Cc1cc(Br)c(F)cc1NC(C)c1ccc(Cl)c(Cl)c1Cl. The fourth-order valence-electron chi connectivity index (χ4n) is 1.99. The molecule has 0 amide bonds. The lowest BCUT2D eigenvalue weighted by Crippen LogP contribution is -2.09. The zero-order valence-corrected chi connectivity index (χ0v) is 15.1. The molecule has 1 nitrogen and oxygen atoms in total. The quantitative estimate of drug-likeness (QED) is 0.535. The third kappa shape index (κ3) is 3.65. The van der Waals surface area contributed by atoms with Gasteiger partial charge in [0.1, 0.15) is 5.82 Å². The summed E-state index contributed by atoms with van der Waals surface area (Å²) in [5.74, 6) is -0.324. The molecule has 0 spiro atoms. The summed E-state index contributed by atoms with van der Waals surface area (Å²) in [6.45, 7) is 3.82. The van der Waals surface area contributed by atoms with Crippen LogP contribution in [0.2, 0.25) is 15.1 Å². The van der Waals surface area contributed by atoms with Crippen molar-refractivity contribution < 1.29 is 4.39 Å². The van der Waals surface area contributed by atoms with Crippen LogP contribution in [0.15, 0.2) is 28.7 Å². The second-order valence-corrected chi connectivity index (χ2v) is 6.73. The number of hydrogen-bond donors (Lipinski definition) is 1. The smallest absolute Gasteiger partial charge is 0.139 e. The molecule has 1 N–H and O–H groups in total. The first-order chi connectivity index (χ1) is 9.81. The number of benzene rings is 2. The highest BCUT2D eigenvalue weighted by atomic mass is 79.9. The first kappa shape index (κ1) is 16.9. The molecule has 112 valence electrons. The summed E-state index contributed by atoms with van der Waals surface area (Å²) in [6.07, 6.45) is 0. The Hall–Kier alpha value is -0.480. The third-order valence-electron chi connectivity index (χ3n) is 3.17. The van der Waals surface area contributed by atoms with Crippen LogP contribution in [0, 0.1) is 12.7 Å². The summed E-state index contributed by atoms with van der Waals surface area (Å²) in [4.78, 5) is 0. The molecule has 0 aliphatic carbocycles. The Morgan fingerprint density at radius 2 is 1.81 bits per heavy atom. The van der Waals surface area contributed by atoms with Crippen LogP contribution < -0.4 is 5.32 Å². The maximum absolute atomic E-state index is 13.7. The monoisotopic (exact) mass is 409 g/mol. The lowest BCUT2D eigenvalue weighted by atomic mass is 10.1. The second kappa shape index (κ2) is 6.74. The molecule has 2 aromatic rings. The minimum absolute atomic E-state index is 0.147. The van der Waals surface area contributed by atoms with Gasteiger partial charge in [0.25, 0.3) is 0 Å². The number of nitrogens with one attached hydrogen (secondary N) is 1. The van der Waals surface area contributed by atoms with Gasteiger partial charge < -0.3 is 5.32 Å². The molecule has 21 heavy (non-hydrogen) atoms. The first-order valence-electron chi connectivity index (χ1n) is 6.16. The Labute approximate surface area is 146 Å². The number of aryl methyl sites for hydroxylation is 1. The van der Waals surface area contributed by atoms with Crippen LogP contribution in [-0.4, -0.2) is 0 Å². The van der Waals surface area contributed by atoms with Crippen molar-refractivity contribution >= 4 is 56.4 Å². The lowest BCUT2D eigenvalue weighted by Gasteiger charge is -2.19. The van der Waals surface area contributed by atoms with E-state index in [4.69, 9.17) is 34.8 Å². The van der Waals surface area contributed by atoms with Gasteiger partial charge in [-0.3, -0.25) is 0 Å². The van der Waals surface area contributed by atoms with Crippen molar-refractivity contribution in [3.8, 4) is 0 Å². The predicted octanol–water partition coefficient (Wildman–Crippen LogP) is 7.03. The number of rotatable bonds is 3. The fourth-order valence-corrected chi connectivity index (χ4v) is 3.15. The summed E-state index contributed by atoms with van der Waals surface area (Å²) in [6, 6.07) is 6.52. The summed E-state index contributed by atoms with van der Waals surface area (Å²) < 4.78 is 14.1. The van der Waals surface area contributed by atoms with Crippen LogP contribution in [0.5, 0.6) is 0 Å². The number of hydrogen-bond acceptors (Lipinski definition) is 1. The highest BCUT2D eigenvalue weighted by Crippen LogP contribution is 2.37. The maximum Gasteiger partial charge on any atom is 0.139 e. The fraction of sp³-hybridized carbons (Fsp3) is 0.200. The van der Waals surface area contributed by atoms with Crippen molar-refractivity contribution in [3.05, 3.63) is 60.8 Å². The van der Waals surface area contributed by atoms with Crippen LogP contribution in [0.1, 0.15) is 24.1 Å². The van der Waals surface area contributed by atoms with Gasteiger partial charge >= 0.3 is 0 Å². The molecule has 1 unspecified atom stereocenters. The lowest BCUT2D eigenvalue weighted by molar-refractivity contribution is 0.620. The molecule has 1 atom stereocenters. The van der Waals surface area contributed by atoms with Gasteiger partial charge in [-0.2, -0.15) is 0 Å². The zero-order valence-electron chi connectivity index (χ0n) is 11.3. The largest absolute Gasteiger partial charge is 0.378 e. The molecule has 0 saturated carbocycles. The molecule has 0 aliphatic rings. The van der Waals surface area contributed by atoms with Crippen molar-refractivity contribution in [2.75, 3.05) is 5.32 Å². The summed E-state index contributed by atoms with van der Waals surface area (Å²) in [5, 5.41) is 4.37. The van der Waals surface area contributed by atoms with E-state index in [1.807, 2.05) is 13.8 Å². The van der Waals surface area contributed by atoms with E-state index in [0.29, 0.717) is 25.2 Å². The van der Waals surface area contributed by atoms with Crippen molar-refractivity contribution in [2.24, 2.45) is 0 Å². The summed E-state index contributed by atoms with van der Waals surface area (Å²) in [5.41, 5.74) is 2.42. The highest BCUT2D eigenvalue weighted by Gasteiger charge is 2.15. The molecule has 0 aliphatic heterocycles. The van der Waals surface area contributed by atoms with E-state index in [-0.39, 0.29) is 11.9 Å². The Bertz CT molecular complexity index is 691. The third-order valence-corrected chi connectivity index (χ3v) is 5.09. The van der Waals surface area contributed by atoms with Crippen molar-refractivity contribution in [2.45, 2.75) is 19.9 Å². The Morgan fingerprint density at radius 1 is 1.14 bits per heavy atom. The van der Waals surface area contributed by atoms with E-state index in [0.717, 1.165) is 11.1 Å². The number of anilines is 1. The van der Waals surface area contributed by atoms with E-state index in [2.05, 4.69) is 21.2 Å². The molecule has 0 radical (unpaired) electrons. The average molecular weight is 412 g/mol. The van der Waals surface area contributed by atoms with Crippen molar-refractivity contribution in [3.63, 3.8) is 0 Å². The van der Waals surface area contributed by atoms with Gasteiger partial charge in [-0.05, 0) is 59.1 Å². The van der Waals surface area contributed by atoms with Gasteiger partial charge in [-0.25, -0.2) is 4.39 Å². The summed E-state index contributed by atoms with van der Waals surface area (Å²) in [7, 11) is 0. The standard InChI is InChI=1S/C15H12BrCl3FN/c1-7-5-10(16)12(20)6-13(7)21-8(2)9-3-4-11(17)15(19)14(9)18/h3-6,8,21H,1-2H3. The molecule has 6 heteroatoms. The molecule has 0 fully saturated rings. The summed E-state index contributed by atoms with van der Waals surface area (Å²) >= 11 is 21.4. The van der Waals surface area contributed by atoms with Gasteiger partial charge in [0, 0.05) is 5.69 Å². The maximum atomic E-state index is 13.7. The minimum Gasteiger partial charge on any atom is -0.378 e. The number of halogens is 5. The normalized spacial score (nSPS) is 12.3. The van der Waals surface area contributed by atoms with Gasteiger partial charge in [-0.15, -0.1) is 0 Å². The molecular formula is C15H12BrCl3FN. The van der Waals surface area contributed by atoms with E-state index in [1.54, 1.807) is 18.2 Å². The highest BCUT2D eigenvalue weighted by molar-refractivity contribution is 9.10. The Balaban J connectivity index is 2.32. The van der Waals surface area contributed by atoms with E-state index < -0.39 is 0 Å². The van der Waals surface area contributed by atoms with Crippen LogP contribution in [-0.2, 0) is 0 Å². The molecule has 0 heterocycles. The van der Waals surface area contributed by atoms with E-state index >= 15 is 0 Å². The Morgan fingerprint density at radius 3 is 2.48 bits per heavy atom. The van der Waals surface area contributed by atoms with Crippen LogP contribution >= 0.6 is 50.7 Å². The predicted molar refractivity (Wildman–Crippen MR) is 92.3 cm³/mol. The molecule has 2 aromatic carbocycles. The zero-order chi connectivity index (χ0) is 15.7. The van der Waals surface area contributed by atoms with Gasteiger partial charge in [0.05, 0.1) is 25.6 Å². The van der Waals surface area contributed by atoms with Gasteiger partial charge in [-0.1, -0.05) is 40.9 Å². The van der Waals surface area contributed by atoms with E-state index in [1.165, 1.54) is 6.07 Å². The Kier molecular flexibility index (Phi) is 5.42. The first-order valence-corrected chi connectivity index (χ1v) is 8.09. The minimum atomic E-state index is -0.324. The van der Waals surface area contributed by atoms with Gasteiger partial charge in [0.15, 0.2) is 0 Å². The van der Waals surface area contributed by atoms with Crippen molar-refractivity contribution in [1.29, 1.82) is 0 Å². The van der Waals surface area contributed by atoms with Crippen LogP contribution in [0.4, 0.5) is 10.1 Å².